The van der Waals surface area contributed by atoms with Gasteiger partial charge >= 0.3 is 0 Å². The lowest BCUT2D eigenvalue weighted by Gasteiger charge is -2.41. The fourth-order valence-corrected chi connectivity index (χ4v) is 6.30. The molecular formula is C32H40N2O10. The highest BCUT2D eigenvalue weighted by Gasteiger charge is 2.52. The number of hydrogen-bond acceptors (Lipinski definition) is 10. The maximum absolute atomic E-state index is 14.0. The molecule has 12 heteroatoms. The van der Waals surface area contributed by atoms with Gasteiger partial charge in [0, 0.05) is 30.8 Å². The SMILES string of the molecule is COc1ccc(OC)c(CCN(C(=O)C2CCCO2)C2C=C(C(=O)NCCO)C3c4cc(CO)cc(OC)c4OC3C2O)c1. The van der Waals surface area contributed by atoms with Gasteiger partial charge in [0.25, 0.3) is 5.91 Å². The first-order chi connectivity index (χ1) is 21.3. The van der Waals surface area contributed by atoms with E-state index in [1.54, 1.807) is 49.5 Å². The van der Waals surface area contributed by atoms with Crippen molar-refractivity contribution in [3.05, 3.63) is 58.7 Å². The molecule has 1 saturated heterocycles. The second-order valence-corrected chi connectivity index (χ2v) is 11.0. The van der Waals surface area contributed by atoms with Crippen LogP contribution in [0.4, 0.5) is 0 Å². The summed E-state index contributed by atoms with van der Waals surface area (Å²) in [6, 6.07) is 7.84. The van der Waals surface area contributed by atoms with Crippen LogP contribution in [0.25, 0.3) is 0 Å². The quantitative estimate of drug-likeness (QED) is 0.274. The number of ether oxygens (including phenoxy) is 5. The number of aliphatic hydroxyl groups is 3. The lowest BCUT2D eigenvalue weighted by Crippen LogP contribution is -2.57. The smallest absolute Gasteiger partial charge is 0.252 e. The Morgan fingerprint density at radius 2 is 1.86 bits per heavy atom. The van der Waals surface area contributed by atoms with Gasteiger partial charge in [0.05, 0.1) is 46.5 Å². The molecule has 0 bridgehead atoms. The molecule has 5 unspecified atom stereocenters. The Morgan fingerprint density at radius 3 is 2.52 bits per heavy atom. The van der Waals surface area contributed by atoms with Gasteiger partial charge < -0.3 is 49.2 Å². The van der Waals surface area contributed by atoms with Gasteiger partial charge in [-0.2, -0.15) is 0 Å². The van der Waals surface area contributed by atoms with Crippen LogP contribution < -0.4 is 24.3 Å². The summed E-state index contributed by atoms with van der Waals surface area (Å²) < 4.78 is 28.6. The van der Waals surface area contributed by atoms with Gasteiger partial charge in [-0.15, -0.1) is 0 Å². The monoisotopic (exact) mass is 612 g/mol. The number of methoxy groups -OCH3 is 3. The van der Waals surface area contributed by atoms with Crippen LogP contribution in [0.3, 0.4) is 0 Å². The zero-order chi connectivity index (χ0) is 31.4. The first-order valence-corrected chi connectivity index (χ1v) is 14.7. The molecule has 2 aliphatic heterocycles. The molecular weight excluding hydrogens is 572 g/mol. The van der Waals surface area contributed by atoms with E-state index in [1.807, 2.05) is 6.07 Å². The van der Waals surface area contributed by atoms with Crippen LogP contribution >= 0.6 is 0 Å². The topological polar surface area (TPSA) is 156 Å². The Hall–Kier alpha value is -3.84. The average Bonchev–Trinajstić information content (AvgIpc) is 3.73. The number of benzene rings is 2. The van der Waals surface area contributed by atoms with E-state index >= 15 is 0 Å². The Morgan fingerprint density at radius 1 is 1.07 bits per heavy atom. The Labute approximate surface area is 256 Å². The van der Waals surface area contributed by atoms with Gasteiger partial charge in [0.15, 0.2) is 11.5 Å². The molecule has 0 spiro atoms. The van der Waals surface area contributed by atoms with E-state index < -0.39 is 36.2 Å². The summed E-state index contributed by atoms with van der Waals surface area (Å²) in [6.07, 6.45) is 0.410. The summed E-state index contributed by atoms with van der Waals surface area (Å²) >= 11 is 0. The van der Waals surface area contributed by atoms with Gasteiger partial charge in [-0.1, -0.05) is 0 Å². The highest BCUT2D eigenvalue weighted by atomic mass is 16.5. The summed E-state index contributed by atoms with van der Waals surface area (Å²) in [7, 11) is 4.61. The Bertz CT molecular complexity index is 1390. The minimum Gasteiger partial charge on any atom is -0.497 e. The minimum atomic E-state index is -1.23. The molecule has 2 aromatic rings. The van der Waals surface area contributed by atoms with Gasteiger partial charge in [-0.25, -0.2) is 0 Å². The van der Waals surface area contributed by atoms with Crippen molar-refractivity contribution in [2.24, 2.45) is 0 Å². The molecule has 238 valence electrons. The largest absolute Gasteiger partial charge is 0.497 e. The molecule has 0 aromatic heterocycles. The van der Waals surface area contributed by atoms with Gasteiger partial charge in [0.1, 0.15) is 29.8 Å². The first-order valence-electron chi connectivity index (χ1n) is 14.7. The van der Waals surface area contributed by atoms with Gasteiger partial charge in [-0.3, -0.25) is 9.59 Å². The Kier molecular flexibility index (Phi) is 9.94. The van der Waals surface area contributed by atoms with E-state index in [4.69, 9.17) is 23.7 Å². The number of nitrogens with zero attached hydrogens (tertiary/aromatic N) is 1. The fraction of sp³-hybridized carbons (Fsp3) is 0.500. The predicted octanol–water partition coefficient (Wildman–Crippen LogP) is 1.08. The van der Waals surface area contributed by atoms with Crippen molar-refractivity contribution in [2.75, 3.05) is 47.6 Å². The molecule has 5 atom stereocenters. The van der Waals surface area contributed by atoms with Crippen molar-refractivity contribution in [3.63, 3.8) is 0 Å². The third kappa shape index (κ3) is 6.07. The summed E-state index contributed by atoms with van der Waals surface area (Å²) in [4.78, 5) is 29.2. The molecule has 0 radical (unpaired) electrons. The van der Waals surface area contributed by atoms with Crippen LogP contribution in [0.5, 0.6) is 23.0 Å². The fourth-order valence-electron chi connectivity index (χ4n) is 6.30. The molecule has 2 heterocycles. The van der Waals surface area contributed by atoms with Gasteiger partial charge in [0.2, 0.25) is 5.91 Å². The van der Waals surface area contributed by atoms with Crippen molar-refractivity contribution in [3.8, 4) is 23.0 Å². The van der Waals surface area contributed by atoms with Crippen LogP contribution in [-0.2, 0) is 27.4 Å². The molecule has 12 nitrogen and oxygen atoms in total. The number of carbonyl (C=O) groups excluding carboxylic acids is 2. The number of nitrogens with one attached hydrogen (secondary N) is 1. The summed E-state index contributed by atoms with van der Waals surface area (Å²) in [5.41, 5.74) is 2.22. The van der Waals surface area contributed by atoms with Crippen molar-refractivity contribution < 1.29 is 48.6 Å². The number of aliphatic hydroxyl groups excluding tert-OH is 3. The van der Waals surface area contributed by atoms with Crippen molar-refractivity contribution in [1.82, 2.24) is 10.2 Å². The minimum absolute atomic E-state index is 0.0166. The van der Waals surface area contributed by atoms with E-state index in [1.165, 1.54) is 7.11 Å². The lowest BCUT2D eigenvalue weighted by atomic mass is 9.77. The second kappa shape index (κ2) is 13.9. The second-order valence-electron chi connectivity index (χ2n) is 11.0. The van der Waals surface area contributed by atoms with Crippen LogP contribution in [0.1, 0.15) is 35.4 Å². The summed E-state index contributed by atoms with van der Waals surface area (Å²) in [6.45, 7) is 0.124. The number of amides is 2. The maximum Gasteiger partial charge on any atom is 0.252 e. The van der Waals surface area contributed by atoms with Crippen LogP contribution in [0.15, 0.2) is 42.0 Å². The summed E-state index contributed by atoms with van der Waals surface area (Å²) in [5.74, 6) is 0.502. The van der Waals surface area contributed by atoms with Crippen molar-refractivity contribution in [1.29, 1.82) is 0 Å². The normalized spacial score (nSPS) is 23.6. The Balaban J connectivity index is 1.56. The van der Waals surface area contributed by atoms with E-state index in [0.717, 1.165) is 12.0 Å². The molecule has 0 saturated carbocycles. The van der Waals surface area contributed by atoms with Crippen LogP contribution in [0, 0.1) is 0 Å². The van der Waals surface area contributed by atoms with Crippen molar-refractivity contribution in [2.45, 2.75) is 56.1 Å². The zero-order valence-corrected chi connectivity index (χ0v) is 25.2. The number of hydrogen-bond donors (Lipinski definition) is 4. The van der Waals surface area contributed by atoms with E-state index in [0.29, 0.717) is 53.6 Å². The van der Waals surface area contributed by atoms with Crippen LogP contribution in [0.2, 0.25) is 0 Å². The van der Waals surface area contributed by atoms with E-state index in [2.05, 4.69) is 5.32 Å². The standard InChI is InChI=1S/C32H40N2O10/c1-40-20-6-7-24(41-2)19(15-20)8-10-34(32(39)25-5-4-12-43-25)23-16-22(31(38)33-9-11-35)27-21-13-18(17-36)14-26(42-3)29(21)44-30(27)28(23)37/h6-7,13-16,23,25,27-28,30,35-37H,4-5,8-12,17H2,1-3H3,(H,33,38). The summed E-state index contributed by atoms with van der Waals surface area (Å²) in [5, 5.41) is 33.9. The van der Waals surface area contributed by atoms with E-state index in [-0.39, 0.29) is 37.8 Å². The molecule has 1 fully saturated rings. The predicted molar refractivity (Wildman–Crippen MR) is 158 cm³/mol. The molecule has 2 aromatic carbocycles. The third-order valence-corrected chi connectivity index (χ3v) is 8.45. The first kappa shape index (κ1) is 31.6. The van der Waals surface area contributed by atoms with Gasteiger partial charge in [-0.05, 0) is 66.8 Å². The lowest BCUT2D eigenvalue weighted by molar-refractivity contribution is -0.146. The molecule has 5 rings (SSSR count). The molecule has 4 N–H and O–H groups in total. The highest BCUT2D eigenvalue weighted by Crippen LogP contribution is 2.51. The third-order valence-electron chi connectivity index (χ3n) is 8.45. The van der Waals surface area contributed by atoms with Crippen molar-refractivity contribution >= 4 is 11.8 Å². The highest BCUT2D eigenvalue weighted by molar-refractivity contribution is 5.96. The maximum atomic E-state index is 14.0. The number of carbonyl (C=O) groups is 2. The zero-order valence-electron chi connectivity index (χ0n) is 25.2. The average molecular weight is 613 g/mol. The number of fused-ring (bicyclic) bond motifs is 3. The number of rotatable bonds is 12. The molecule has 3 aliphatic rings. The molecule has 44 heavy (non-hydrogen) atoms. The molecule has 1 aliphatic carbocycles. The molecule has 2 amide bonds. The van der Waals surface area contributed by atoms with E-state index in [9.17, 15) is 24.9 Å². The van der Waals surface area contributed by atoms with Crippen LogP contribution in [-0.4, -0.2) is 104 Å².